The molecule has 2 aromatic carbocycles. The summed E-state index contributed by atoms with van der Waals surface area (Å²) >= 11 is 6.92. The number of hydrazine groups is 1. The summed E-state index contributed by atoms with van der Waals surface area (Å²) in [5.41, 5.74) is 8.04. The van der Waals surface area contributed by atoms with Crippen molar-refractivity contribution in [3.8, 4) is 11.5 Å². The Labute approximate surface area is 161 Å². The number of nitrogens with one attached hydrogen (secondary N) is 3. The number of rotatable bonds is 5. The highest BCUT2D eigenvalue weighted by Gasteiger charge is 2.13. The van der Waals surface area contributed by atoms with Gasteiger partial charge in [0.25, 0.3) is 5.91 Å². The van der Waals surface area contributed by atoms with Crippen LogP contribution in [-0.2, 0) is 12.3 Å². The van der Waals surface area contributed by atoms with Crippen LogP contribution in [0.4, 0.5) is 0 Å². The number of fused-ring (bicyclic) bond motifs is 1. The Hall–Kier alpha value is -2.45. The highest BCUT2D eigenvalue weighted by atomic mass is 32.2. The van der Waals surface area contributed by atoms with Crippen LogP contribution in [0.5, 0.6) is 11.5 Å². The van der Waals surface area contributed by atoms with Crippen molar-refractivity contribution in [2.24, 2.45) is 0 Å². The second kappa shape index (κ2) is 8.77. The number of hydrogen-bond acceptors (Lipinski definition) is 5. The molecule has 3 rings (SSSR count). The maximum absolute atomic E-state index is 12.1. The van der Waals surface area contributed by atoms with Crippen LogP contribution < -0.4 is 25.6 Å². The first kappa shape index (κ1) is 18.3. The molecule has 0 fully saturated rings. The summed E-state index contributed by atoms with van der Waals surface area (Å²) < 4.78 is 10.6. The lowest BCUT2D eigenvalue weighted by Crippen LogP contribution is -2.46. The van der Waals surface area contributed by atoms with Gasteiger partial charge in [-0.1, -0.05) is 18.2 Å². The van der Waals surface area contributed by atoms with Gasteiger partial charge < -0.3 is 14.8 Å². The lowest BCUT2D eigenvalue weighted by atomic mass is 10.1. The molecular formula is C18H19N3O3S2. The molecule has 0 spiro atoms. The summed E-state index contributed by atoms with van der Waals surface area (Å²) in [6.45, 7) is 0.748. The Bertz CT molecular complexity index is 797. The molecule has 0 radical (unpaired) electrons. The second-order valence-electron chi connectivity index (χ2n) is 5.58. The third-order valence-electron chi connectivity index (χ3n) is 3.71. The third-order valence-corrected chi connectivity index (χ3v) is 4.58. The minimum atomic E-state index is -0.243. The van der Waals surface area contributed by atoms with E-state index in [1.807, 2.05) is 36.6 Å². The average molecular weight is 390 g/mol. The fraction of sp³-hybridized carbons (Fsp3) is 0.222. The second-order valence-corrected chi connectivity index (χ2v) is 6.85. The van der Waals surface area contributed by atoms with Gasteiger partial charge in [-0.25, -0.2) is 0 Å². The van der Waals surface area contributed by atoms with Gasteiger partial charge in [0.15, 0.2) is 16.6 Å². The van der Waals surface area contributed by atoms with Crippen molar-refractivity contribution >= 4 is 35.0 Å². The van der Waals surface area contributed by atoms with Crippen molar-refractivity contribution < 1.29 is 14.3 Å². The van der Waals surface area contributed by atoms with Gasteiger partial charge in [-0.15, -0.1) is 0 Å². The SMILES string of the molecule is CSCc1ccc(C(=O)NNC(=S)NCc2ccc3c(c2)OCO3)cc1. The van der Waals surface area contributed by atoms with E-state index in [1.165, 1.54) is 5.56 Å². The van der Waals surface area contributed by atoms with Gasteiger partial charge in [0, 0.05) is 17.9 Å². The number of benzene rings is 2. The van der Waals surface area contributed by atoms with E-state index in [0.29, 0.717) is 17.2 Å². The minimum Gasteiger partial charge on any atom is -0.454 e. The number of ether oxygens (including phenoxy) is 2. The lowest BCUT2D eigenvalue weighted by Gasteiger charge is -2.12. The van der Waals surface area contributed by atoms with Gasteiger partial charge in [-0.05, 0) is 53.9 Å². The Morgan fingerprint density at radius 3 is 2.58 bits per heavy atom. The molecule has 1 aliphatic heterocycles. The zero-order valence-electron chi connectivity index (χ0n) is 14.2. The predicted molar refractivity (Wildman–Crippen MR) is 106 cm³/mol. The minimum absolute atomic E-state index is 0.243. The number of carbonyl (C=O) groups excluding carboxylic acids is 1. The highest BCUT2D eigenvalue weighted by Crippen LogP contribution is 2.32. The fourth-order valence-electron chi connectivity index (χ4n) is 2.38. The number of amides is 1. The molecule has 8 heteroatoms. The van der Waals surface area contributed by atoms with Crippen molar-refractivity contribution in [3.63, 3.8) is 0 Å². The molecule has 1 amide bonds. The summed E-state index contributed by atoms with van der Waals surface area (Å²) in [5, 5.41) is 3.36. The third kappa shape index (κ3) is 4.80. The molecule has 0 aliphatic carbocycles. The van der Waals surface area contributed by atoms with Crippen LogP contribution in [-0.4, -0.2) is 24.1 Å². The Morgan fingerprint density at radius 2 is 1.81 bits per heavy atom. The fourth-order valence-corrected chi connectivity index (χ4v) is 3.03. The maximum Gasteiger partial charge on any atom is 0.269 e. The van der Waals surface area contributed by atoms with Gasteiger partial charge >= 0.3 is 0 Å². The first-order valence-corrected chi connectivity index (χ1v) is 9.76. The van der Waals surface area contributed by atoms with Crippen molar-refractivity contribution in [2.45, 2.75) is 12.3 Å². The van der Waals surface area contributed by atoms with Crippen LogP contribution in [0.25, 0.3) is 0 Å². The molecule has 0 saturated carbocycles. The van der Waals surface area contributed by atoms with Crippen molar-refractivity contribution in [1.29, 1.82) is 0 Å². The summed E-state index contributed by atoms with van der Waals surface area (Å²) in [6, 6.07) is 13.2. The number of hydrogen-bond donors (Lipinski definition) is 3. The lowest BCUT2D eigenvalue weighted by molar-refractivity contribution is 0.0943. The van der Waals surface area contributed by atoms with E-state index in [2.05, 4.69) is 16.2 Å². The van der Waals surface area contributed by atoms with Gasteiger partial charge in [0.2, 0.25) is 6.79 Å². The van der Waals surface area contributed by atoms with Crippen molar-refractivity contribution in [2.75, 3.05) is 13.0 Å². The molecule has 6 nitrogen and oxygen atoms in total. The van der Waals surface area contributed by atoms with Crippen LogP contribution in [0.1, 0.15) is 21.5 Å². The molecule has 0 atom stereocenters. The number of carbonyl (C=O) groups is 1. The van der Waals surface area contributed by atoms with Gasteiger partial charge in [0.05, 0.1) is 0 Å². The van der Waals surface area contributed by atoms with Crippen LogP contribution in [0, 0.1) is 0 Å². The monoisotopic (exact) mass is 389 g/mol. The molecule has 3 N–H and O–H groups in total. The van der Waals surface area contributed by atoms with E-state index in [0.717, 1.165) is 22.8 Å². The molecule has 136 valence electrons. The average Bonchev–Trinajstić information content (AvgIpc) is 3.13. The van der Waals surface area contributed by atoms with Gasteiger partial charge in [-0.3, -0.25) is 15.6 Å². The van der Waals surface area contributed by atoms with E-state index >= 15 is 0 Å². The molecule has 26 heavy (non-hydrogen) atoms. The zero-order chi connectivity index (χ0) is 18.4. The smallest absolute Gasteiger partial charge is 0.269 e. The molecule has 0 unspecified atom stereocenters. The van der Waals surface area contributed by atoms with E-state index < -0.39 is 0 Å². The first-order chi connectivity index (χ1) is 12.7. The normalized spacial score (nSPS) is 11.7. The van der Waals surface area contributed by atoms with Crippen molar-refractivity contribution in [1.82, 2.24) is 16.2 Å². The molecule has 1 heterocycles. The molecule has 0 saturated heterocycles. The van der Waals surface area contributed by atoms with Gasteiger partial charge in [0.1, 0.15) is 0 Å². The standard InChI is InChI=1S/C18H19N3O3S2/c1-26-10-12-2-5-14(6-3-12)17(22)20-21-18(25)19-9-13-4-7-15-16(8-13)24-11-23-15/h2-8H,9-11H2,1H3,(H,20,22)(H2,19,21,25). The topological polar surface area (TPSA) is 71.6 Å². The van der Waals surface area contributed by atoms with Crippen LogP contribution in [0.2, 0.25) is 0 Å². The molecule has 0 aromatic heterocycles. The molecule has 1 aliphatic rings. The zero-order valence-corrected chi connectivity index (χ0v) is 15.8. The van der Waals surface area contributed by atoms with Crippen LogP contribution in [0.3, 0.4) is 0 Å². The van der Waals surface area contributed by atoms with E-state index in [9.17, 15) is 4.79 Å². The maximum atomic E-state index is 12.1. The molecular weight excluding hydrogens is 370 g/mol. The first-order valence-electron chi connectivity index (χ1n) is 7.96. The summed E-state index contributed by atoms with van der Waals surface area (Å²) in [7, 11) is 0. The molecule has 0 bridgehead atoms. The quantitative estimate of drug-likeness (QED) is 0.536. The predicted octanol–water partition coefficient (Wildman–Crippen LogP) is 2.59. The number of thioether (sulfide) groups is 1. The van der Waals surface area contributed by atoms with Crippen LogP contribution >= 0.6 is 24.0 Å². The summed E-state index contributed by atoms with van der Waals surface area (Å²) in [6.07, 6.45) is 2.04. The van der Waals surface area contributed by atoms with E-state index in [4.69, 9.17) is 21.7 Å². The molecule has 2 aromatic rings. The Kier molecular flexibility index (Phi) is 6.19. The Morgan fingerprint density at radius 1 is 1.08 bits per heavy atom. The largest absolute Gasteiger partial charge is 0.454 e. The highest BCUT2D eigenvalue weighted by molar-refractivity contribution is 7.97. The number of thiocarbonyl (C=S) groups is 1. The van der Waals surface area contributed by atoms with E-state index in [-0.39, 0.29) is 12.7 Å². The van der Waals surface area contributed by atoms with Crippen LogP contribution in [0.15, 0.2) is 42.5 Å². The van der Waals surface area contributed by atoms with E-state index in [1.54, 1.807) is 23.9 Å². The summed E-state index contributed by atoms with van der Waals surface area (Å²) in [5.74, 6) is 2.15. The Balaban J connectivity index is 1.44. The van der Waals surface area contributed by atoms with Crippen molar-refractivity contribution in [3.05, 3.63) is 59.2 Å². The van der Waals surface area contributed by atoms with Gasteiger partial charge in [-0.2, -0.15) is 11.8 Å². The summed E-state index contributed by atoms with van der Waals surface area (Å²) in [4.78, 5) is 12.1.